The van der Waals surface area contributed by atoms with Gasteiger partial charge in [-0.05, 0) is 19.8 Å². The smallest absolute Gasteiger partial charge is 0.140 e. The predicted octanol–water partition coefficient (Wildman–Crippen LogP) is 3.96. The Labute approximate surface area is 95.0 Å². The Hall–Kier alpha value is -0.373. The van der Waals surface area contributed by atoms with E-state index in [0.717, 1.165) is 0 Å². The molecule has 0 N–H and O–H groups in total. The maximum absolute atomic E-state index is 11.5. The van der Waals surface area contributed by atoms with Crippen LogP contribution >= 0.6 is 0 Å². The molecule has 0 radical (unpaired) electrons. The third-order valence-corrected chi connectivity index (χ3v) is 5.39. The zero-order valence-corrected chi connectivity index (χ0v) is 11.8. The topological polar surface area (TPSA) is 17.1 Å². The summed E-state index contributed by atoms with van der Waals surface area (Å²) >= 11 is 0. The minimum atomic E-state index is -1.21. The molecule has 0 bridgehead atoms. The SMILES string of the molecule is CCCCCC1=C([Si](C)(C)C)C1C(C)=O. The molecule has 1 unspecified atom stereocenters. The van der Waals surface area contributed by atoms with Crippen LogP contribution < -0.4 is 0 Å². The molecule has 1 rings (SSSR count). The van der Waals surface area contributed by atoms with Crippen LogP contribution in [-0.4, -0.2) is 13.9 Å². The summed E-state index contributed by atoms with van der Waals surface area (Å²) in [4.78, 5) is 11.5. The zero-order valence-electron chi connectivity index (χ0n) is 10.8. The van der Waals surface area contributed by atoms with E-state index in [2.05, 4.69) is 26.6 Å². The molecule has 0 saturated heterocycles. The highest BCUT2D eigenvalue weighted by molar-refractivity contribution is 6.85. The number of rotatable bonds is 6. The predicted molar refractivity (Wildman–Crippen MR) is 68.7 cm³/mol. The van der Waals surface area contributed by atoms with Crippen LogP contribution in [-0.2, 0) is 4.79 Å². The molecule has 0 amide bonds. The molecular weight excluding hydrogens is 200 g/mol. The monoisotopic (exact) mass is 224 g/mol. The van der Waals surface area contributed by atoms with Gasteiger partial charge in [-0.3, -0.25) is 4.79 Å². The van der Waals surface area contributed by atoms with Crippen molar-refractivity contribution in [2.24, 2.45) is 5.92 Å². The summed E-state index contributed by atoms with van der Waals surface area (Å²) in [5.41, 5.74) is 1.51. The van der Waals surface area contributed by atoms with E-state index in [1.54, 1.807) is 12.1 Å². The first-order valence-electron chi connectivity index (χ1n) is 6.13. The maximum Gasteiger partial charge on any atom is 0.140 e. The number of allylic oxidation sites excluding steroid dienone is 2. The Morgan fingerprint density at radius 1 is 1.27 bits per heavy atom. The Bertz CT molecular complexity index is 283. The van der Waals surface area contributed by atoms with Crippen LogP contribution in [0.1, 0.15) is 39.5 Å². The number of carbonyl (C=O) groups excluding carboxylic acids is 1. The van der Waals surface area contributed by atoms with Gasteiger partial charge in [0.15, 0.2) is 0 Å². The maximum atomic E-state index is 11.5. The summed E-state index contributed by atoms with van der Waals surface area (Å²) in [5.74, 6) is 0.646. The normalized spacial score (nSPS) is 20.7. The van der Waals surface area contributed by atoms with Crippen molar-refractivity contribution in [1.29, 1.82) is 0 Å². The van der Waals surface area contributed by atoms with Crippen molar-refractivity contribution >= 4 is 13.9 Å². The molecule has 0 aliphatic heterocycles. The summed E-state index contributed by atoms with van der Waals surface area (Å²) < 4.78 is 0. The van der Waals surface area contributed by atoms with E-state index in [1.807, 2.05) is 0 Å². The molecule has 86 valence electrons. The molecule has 1 aliphatic carbocycles. The Morgan fingerprint density at radius 3 is 2.20 bits per heavy atom. The summed E-state index contributed by atoms with van der Waals surface area (Å²) in [7, 11) is -1.21. The largest absolute Gasteiger partial charge is 0.299 e. The van der Waals surface area contributed by atoms with Gasteiger partial charge in [0.2, 0.25) is 0 Å². The van der Waals surface area contributed by atoms with Gasteiger partial charge in [-0.25, -0.2) is 0 Å². The molecule has 0 aromatic carbocycles. The van der Waals surface area contributed by atoms with Gasteiger partial charge in [0.05, 0.1) is 14.0 Å². The molecule has 1 aliphatic rings. The second-order valence-electron chi connectivity index (χ2n) is 5.69. The van der Waals surface area contributed by atoms with Gasteiger partial charge in [-0.2, -0.15) is 0 Å². The fourth-order valence-electron chi connectivity index (χ4n) is 2.47. The van der Waals surface area contributed by atoms with Crippen molar-refractivity contribution in [1.82, 2.24) is 0 Å². The summed E-state index contributed by atoms with van der Waals surface area (Å²) in [6, 6.07) is 0. The van der Waals surface area contributed by atoms with Crippen LogP contribution in [0.15, 0.2) is 10.8 Å². The first kappa shape index (κ1) is 12.7. The first-order valence-corrected chi connectivity index (χ1v) is 9.63. The fourth-order valence-corrected chi connectivity index (χ4v) is 4.88. The molecule has 0 aromatic rings. The molecule has 1 nitrogen and oxygen atoms in total. The standard InChI is InChI=1S/C13H24OSi/c1-6-7-8-9-11-12(10(2)14)13(11)15(3,4)5/h12H,6-9H2,1-5H3. The molecule has 0 spiro atoms. The lowest BCUT2D eigenvalue weighted by Gasteiger charge is -2.11. The highest BCUT2D eigenvalue weighted by atomic mass is 28.3. The summed E-state index contributed by atoms with van der Waals surface area (Å²) in [5, 5.41) is 1.56. The van der Waals surface area contributed by atoms with E-state index in [-0.39, 0.29) is 5.92 Å². The lowest BCUT2D eigenvalue weighted by atomic mass is 10.1. The van der Waals surface area contributed by atoms with E-state index < -0.39 is 8.07 Å². The number of unbranched alkanes of at least 4 members (excludes halogenated alkanes) is 2. The van der Waals surface area contributed by atoms with Crippen molar-refractivity contribution in [2.75, 3.05) is 0 Å². The van der Waals surface area contributed by atoms with Crippen LogP contribution in [0.4, 0.5) is 0 Å². The van der Waals surface area contributed by atoms with Crippen LogP contribution in [0.3, 0.4) is 0 Å². The molecule has 2 heteroatoms. The van der Waals surface area contributed by atoms with Crippen LogP contribution in [0.5, 0.6) is 0 Å². The van der Waals surface area contributed by atoms with Gasteiger partial charge in [-0.1, -0.05) is 50.2 Å². The van der Waals surface area contributed by atoms with Crippen LogP contribution in [0, 0.1) is 5.92 Å². The number of carbonyl (C=O) groups is 1. The van der Waals surface area contributed by atoms with E-state index >= 15 is 0 Å². The molecule has 15 heavy (non-hydrogen) atoms. The fraction of sp³-hybridized carbons (Fsp3) is 0.769. The average Bonchev–Trinajstić information content (AvgIpc) is 2.78. The molecular formula is C13H24OSi. The average molecular weight is 224 g/mol. The second kappa shape index (κ2) is 4.65. The number of ketones is 1. The minimum absolute atomic E-state index is 0.272. The van der Waals surface area contributed by atoms with Gasteiger partial charge in [0, 0.05) is 0 Å². The second-order valence-corrected chi connectivity index (χ2v) is 10.7. The molecule has 0 saturated carbocycles. The van der Waals surface area contributed by atoms with Crippen LogP contribution in [0.2, 0.25) is 19.6 Å². The quantitative estimate of drug-likeness (QED) is 0.493. The molecule has 1 atom stereocenters. The summed E-state index contributed by atoms with van der Waals surface area (Å²) in [6.07, 6.45) is 5.01. The minimum Gasteiger partial charge on any atom is -0.299 e. The van der Waals surface area contributed by atoms with E-state index in [4.69, 9.17) is 0 Å². The number of hydrogen-bond acceptors (Lipinski definition) is 1. The Morgan fingerprint density at radius 2 is 1.87 bits per heavy atom. The van der Waals surface area contributed by atoms with E-state index in [9.17, 15) is 4.79 Å². The van der Waals surface area contributed by atoms with Gasteiger partial charge in [0.1, 0.15) is 5.78 Å². The summed E-state index contributed by atoms with van der Waals surface area (Å²) in [6.45, 7) is 11.0. The van der Waals surface area contributed by atoms with Crippen molar-refractivity contribution in [3.05, 3.63) is 10.8 Å². The highest BCUT2D eigenvalue weighted by Gasteiger charge is 2.45. The van der Waals surface area contributed by atoms with Crippen LogP contribution in [0.25, 0.3) is 0 Å². The third-order valence-electron chi connectivity index (χ3n) is 3.16. The van der Waals surface area contributed by atoms with Crippen molar-refractivity contribution in [3.63, 3.8) is 0 Å². The Balaban J connectivity index is 2.59. The third kappa shape index (κ3) is 3.04. The Kier molecular flexibility index (Phi) is 3.93. The lowest BCUT2D eigenvalue weighted by Crippen LogP contribution is -2.21. The van der Waals surface area contributed by atoms with Crippen molar-refractivity contribution in [2.45, 2.75) is 59.2 Å². The molecule has 0 heterocycles. The highest BCUT2D eigenvalue weighted by Crippen LogP contribution is 2.48. The van der Waals surface area contributed by atoms with Crippen molar-refractivity contribution in [3.8, 4) is 0 Å². The molecule has 0 aromatic heterocycles. The van der Waals surface area contributed by atoms with Gasteiger partial charge in [0.25, 0.3) is 0 Å². The zero-order chi connectivity index (χ0) is 11.6. The number of hydrogen-bond donors (Lipinski definition) is 0. The van der Waals surface area contributed by atoms with E-state index in [1.165, 1.54) is 31.3 Å². The first-order chi connectivity index (χ1) is 6.89. The van der Waals surface area contributed by atoms with Gasteiger partial charge >= 0.3 is 0 Å². The number of Topliss-reactive ketones (excluding diaryl/α,β-unsaturated/α-hetero) is 1. The van der Waals surface area contributed by atoms with Crippen molar-refractivity contribution < 1.29 is 4.79 Å². The van der Waals surface area contributed by atoms with Gasteiger partial charge < -0.3 is 0 Å². The van der Waals surface area contributed by atoms with Gasteiger partial charge in [-0.15, -0.1) is 0 Å². The molecule has 0 fully saturated rings. The lowest BCUT2D eigenvalue weighted by molar-refractivity contribution is -0.117. The van der Waals surface area contributed by atoms with E-state index in [0.29, 0.717) is 5.78 Å².